The zero-order chi connectivity index (χ0) is 17.5. The summed E-state index contributed by atoms with van der Waals surface area (Å²) >= 11 is 5.95. The van der Waals surface area contributed by atoms with E-state index >= 15 is 0 Å². The van der Waals surface area contributed by atoms with Crippen LogP contribution in [0.3, 0.4) is 0 Å². The number of benzene rings is 2. The Kier molecular flexibility index (Phi) is 6.50. The van der Waals surface area contributed by atoms with Gasteiger partial charge in [0.2, 0.25) is 0 Å². The van der Waals surface area contributed by atoms with E-state index in [9.17, 15) is 4.79 Å². The quantitative estimate of drug-likeness (QED) is 0.821. The number of methoxy groups -OCH3 is 1. The van der Waals surface area contributed by atoms with Gasteiger partial charge in [0.25, 0.3) is 0 Å². The molecule has 128 valence electrons. The Morgan fingerprint density at radius 1 is 1.25 bits per heavy atom. The molecule has 5 heteroatoms. The Balaban J connectivity index is 1.87. The van der Waals surface area contributed by atoms with E-state index in [1.165, 1.54) is 0 Å². The molecule has 0 radical (unpaired) electrons. The van der Waals surface area contributed by atoms with Gasteiger partial charge in [0, 0.05) is 17.1 Å². The van der Waals surface area contributed by atoms with E-state index in [4.69, 9.17) is 16.3 Å². The van der Waals surface area contributed by atoms with Gasteiger partial charge in [-0.15, -0.1) is 0 Å². The number of hydrogen-bond acceptors (Lipinski definition) is 2. The average molecular weight is 347 g/mol. The summed E-state index contributed by atoms with van der Waals surface area (Å²) in [6.07, 6.45) is 0.732. The van der Waals surface area contributed by atoms with Crippen LogP contribution in [0.25, 0.3) is 0 Å². The van der Waals surface area contributed by atoms with Crippen molar-refractivity contribution in [2.45, 2.75) is 26.3 Å². The lowest BCUT2D eigenvalue weighted by Crippen LogP contribution is -2.38. The van der Waals surface area contributed by atoms with E-state index < -0.39 is 0 Å². The third-order valence-electron chi connectivity index (χ3n) is 3.79. The van der Waals surface area contributed by atoms with Crippen LogP contribution in [0, 0.1) is 6.92 Å². The first kappa shape index (κ1) is 18.1. The van der Waals surface area contributed by atoms with Gasteiger partial charge in [-0.1, -0.05) is 41.4 Å². The standard InChI is InChI=1S/C19H23ClN2O2/c1-13-7-8-18(24-3)17(11-13)14(2)22-19(23)21-10-9-15-5-4-6-16(20)12-15/h4-8,11-12,14H,9-10H2,1-3H3,(H2,21,22,23). The van der Waals surface area contributed by atoms with Gasteiger partial charge in [-0.2, -0.15) is 0 Å². The normalized spacial score (nSPS) is 11.7. The molecule has 1 atom stereocenters. The van der Waals surface area contributed by atoms with Gasteiger partial charge >= 0.3 is 6.03 Å². The smallest absolute Gasteiger partial charge is 0.315 e. The molecular weight excluding hydrogens is 324 g/mol. The lowest BCUT2D eigenvalue weighted by atomic mass is 10.0. The van der Waals surface area contributed by atoms with Crippen molar-refractivity contribution >= 4 is 17.6 Å². The van der Waals surface area contributed by atoms with E-state index in [0.717, 1.165) is 28.9 Å². The van der Waals surface area contributed by atoms with Gasteiger partial charge in [0.1, 0.15) is 5.75 Å². The Morgan fingerprint density at radius 2 is 2.04 bits per heavy atom. The van der Waals surface area contributed by atoms with Crippen LogP contribution in [-0.4, -0.2) is 19.7 Å². The van der Waals surface area contributed by atoms with Crippen LogP contribution in [0.1, 0.15) is 29.7 Å². The van der Waals surface area contributed by atoms with Crippen LogP contribution >= 0.6 is 11.6 Å². The molecule has 0 aliphatic heterocycles. The van der Waals surface area contributed by atoms with E-state index in [2.05, 4.69) is 10.6 Å². The number of urea groups is 1. The minimum atomic E-state index is -0.201. The highest BCUT2D eigenvalue weighted by molar-refractivity contribution is 6.30. The first-order valence-corrected chi connectivity index (χ1v) is 8.30. The Labute approximate surface area is 148 Å². The van der Waals surface area contributed by atoms with Crippen LogP contribution in [0.2, 0.25) is 5.02 Å². The van der Waals surface area contributed by atoms with E-state index in [0.29, 0.717) is 11.6 Å². The summed E-state index contributed by atoms with van der Waals surface area (Å²) in [6.45, 7) is 4.50. The summed E-state index contributed by atoms with van der Waals surface area (Å²) in [5.74, 6) is 0.771. The van der Waals surface area contributed by atoms with Crippen molar-refractivity contribution in [2.75, 3.05) is 13.7 Å². The number of aryl methyl sites for hydroxylation is 1. The highest BCUT2D eigenvalue weighted by Crippen LogP contribution is 2.25. The molecular formula is C19H23ClN2O2. The molecule has 0 aromatic heterocycles. The topological polar surface area (TPSA) is 50.4 Å². The molecule has 2 aromatic rings. The minimum absolute atomic E-state index is 0.147. The zero-order valence-corrected chi connectivity index (χ0v) is 15.0. The van der Waals surface area contributed by atoms with Crippen molar-refractivity contribution in [1.29, 1.82) is 0 Å². The highest BCUT2D eigenvalue weighted by Gasteiger charge is 2.14. The fraction of sp³-hybridized carbons (Fsp3) is 0.316. The number of hydrogen-bond donors (Lipinski definition) is 2. The first-order valence-electron chi connectivity index (χ1n) is 7.93. The van der Waals surface area contributed by atoms with Crippen LogP contribution in [0.15, 0.2) is 42.5 Å². The van der Waals surface area contributed by atoms with Gasteiger partial charge in [0.15, 0.2) is 0 Å². The van der Waals surface area contributed by atoms with Gasteiger partial charge in [-0.25, -0.2) is 4.79 Å². The molecule has 2 N–H and O–H groups in total. The van der Waals surface area contributed by atoms with Crippen molar-refractivity contribution in [2.24, 2.45) is 0 Å². The monoisotopic (exact) mass is 346 g/mol. The summed E-state index contributed by atoms with van der Waals surface area (Å²) in [5.41, 5.74) is 3.18. The van der Waals surface area contributed by atoms with E-state index in [1.54, 1.807) is 7.11 Å². The van der Waals surface area contributed by atoms with Crippen molar-refractivity contribution < 1.29 is 9.53 Å². The fourth-order valence-corrected chi connectivity index (χ4v) is 2.74. The predicted molar refractivity (Wildman–Crippen MR) is 97.8 cm³/mol. The molecule has 1 unspecified atom stereocenters. The zero-order valence-electron chi connectivity index (χ0n) is 14.2. The molecule has 0 spiro atoms. The number of rotatable bonds is 6. The largest absolute Gasteiger partial charge is 0.496 e. The summed E-state index contributed by atoms with van der Waals surface area (Å²) in [5, 5.41) is 6.51. The molecule has 0 saturated heterocycles. The van der Waals surface area contributed by atoms with Crippen LogP contribution in [-0.2, 0) is 6.42 Å². The first-order chi connectivity index (χ1) is 11.5. The Morgan fingerprint density at radius 3 is 2.75 bits per heavy atom. The van der Waals surface area contributed by atoms with Crippen molar-refractivity contribution in [3.63, 3.8) is 0 Å². The number of carbonyl (C=O) groups is 1. The lowest BCUT2D eigenvalue weighted by molar-refractivity contribution is 0.238. The van der Waals surface area contributed by atoms with Gasteiger partial charge in [0.05, 0.1) is 13.2 Å². The number of carbonyl (C=O) groups excluding carboxylic acids is 1. The fourth-order valence-electron chi connectivity index (χ4n) is 2.53. The maximum atomic E-state index is 12.1. The van der Waals surface area contributed by atoms with Crippen LogP contribution in [0.5, 0.6) is 5.75 Å². The number of ether oxygens (including phenoxy) is 1. The molecule has 0 aliphatic rings. The van der Waals surface area contributed by atoms with Crippen molar-refractivity contribution in [3.8, 4) is 5.75 Å². The van der Waals surface area contributed by atoms with E-state index in [1.807, 2.05) is 56.3 Å². The molecule has 2 amide bonds. The van der Waals surface area contributed by atoms with Crippen LogP contribution in [0.4, 0.5) is 4.79 Å². The molecule has 0 saturated carbocycles. The van der Waals surface area contributed by atoms with Crippen molar-refractivity contribution in [1.82, 2.24) is 10.6 Å². The second kappa shape index (κ2) is 8.60. The third-order valence-corrected chi connectivity index (χ3v) is 4.02. The minimum Gasteiger partial charge on any atom is -0.496 e. The predicted octanol–water partition coefficient (Wildman–Crippen LogP) is 4.26. The number of amides is 2. The van der Waals surface area contributed by atoms with Crippen LogP contribution < -0.4 is 15.4 Å². The summed E-state index contributed by atoms with van der Waals surface area (Å²) in [7, 11) is 1.63. The van der Waals surface area contributed by atoms with E-state index in [-0.39, 0.29) is 12.1 Å². The second-order valence-corrected chi connectivity index (χ2v) is 6.18. The molecule has 4 nitrogen and oxygen atoms in total. The number of nitrogens with one attached hydrogen (secondary N) is 2. The lowest BCUT2D eigenvalue weighted by Gasteiger charge is -2.18. The Bertz CT molecular complexity index is 704. The average Bonchev–Trinajstić information content (AvgIpc) is 2.54. The Hall–Kier alpha value is -2.20. The van der Waals surface area contributed by atoms with Gasteiger partial charge < -0.3 is 15.4 Å². The summed E-state index contributed by atoms with van der Waals surface area (Å²) in [4.78, 5) is 12.1. The molecule has 0 fully saturated rings. The summed E-state index contributed by atoms with van der Waals surface area (Å²) in [6, 6.07) is 13.2. The van der Waals surface area contributed by atoms with Gasteiger partial charge in [-0.05, 0) is 44.0 Å². The molecule has 0 heterocycles. The maximum Gasteiger partial charge on any atom is 0.315 e. The van der Waals surface area contributed by atoms with Crippen molar-refractivity contribution in [3.05, 3.63) is 64.2 Å². The molecule has 24 heavy (non-hydrogen) atoms. The summed E-state index contributed by atoms with van der Waals surface area (Å²) < 4.78 is 5.37. The second-order valence-electron chi connectivity index (χ2n) is 5.75. The SMILES string of the molecule is COc1ccc(C)cc1C(C)NC(=O)NCCc1cccc(Cl)c1. The number of halogens is 1. The maximum absolute atomic E-state index is 12.1. The molecule has 0 aliphatic carbocycles. The van der Waals surface area contributed by atoms with Gasteiger partial charge in [-0.3, -0.25) is 0 Å². The third kappa shape index (κ3) is 5.17. The molecule has 0 bridgehead atoms. The molecule has 2 rings (SSSR count). The molecule has 2 aromatic carbocycles. The highest BCUT2D eigenvalue weighted by atomic mass is 35.5.